The van der Waals surface area contributed by atoms with Crippen molar-refractivity contribution in [1.82, 2.24) is 19.6 Å². The van der Waals surface area contributed by atoms with E-state index in [4.69, 9.17) is 4.74 Å². The number of methoxy groups -OCH3 is 1. The van der Waals surface area contributed by atoms with Gasteiger partial charge < -0.3 is 14.5 Å². The molecule has 2 heterocycles. The smallest absolute Gasteiger partial charge is 0.272 e. The second-order valence-corrected chi connectivity index (χ2v) is 6.38. The quantitative estimate of drug-likeness (QED) is 0.814. The molecule has 0 spiro atoms. The van der Waals surface area contributed by atoms with Gasteiger partial charge in [0.25, 0.3) is 5.91 Å². The third-order valence-corrected chi connectivity index (χ3v) is 4.31. The minimum atomic E-state index is -0.0208. The standard InChI is InChI=1S/C17H28N4O3/c1-5-21-15(11-14(18-21)13(2)3)17(23)20-8-6-7-19(9-10-20)16(22)12-24-4/h11,13H,5-10,12H2,1-4H3. The molecule has 1 aromatic rings. The average Bonchev–Trinajstić information content (AvgIpc) is 2.84. The van der Waals surface area contributed by atoms with Crippen LogP contribution in [-0.2, 0) is 16.1 Å². The van der Waals surface area contributed by atoms with Crippen molar-refractivity contribution < 1.29 is 14.3 Å². The molecule has 2 amide bonds. The summed E-state index contributed by atoms with van der Waals surface area (Å²) in [5, 5.41) is 4.52. The summed E-state index contributed by atoms with van der Waals surface area (Å²) in [5.74, 6) is 0.264. The van der Waals surface area contributed by atoms with Gasteiger partial charge in [0, 0.05) is 39.8 Å². The Bertz CT molecular complexity index is 582. The van der Waals surface area contributed by atoms with Crippen LogP contribution >= 0.6 is 0 Å². The number of aryl methyl sites for hydroxylation is 1. The van der Waals surface area contributed by atoms with Gasteiger partial charge in [-0.25, -0.2) is 0 Å². The molecule has 0 unspecified atom stereocenters. The van der Waals surface area contributed by atoms with E-state index in [1.165, 1.54) is 7.11 Å². The molecule has 0 radical (unpaired) electrons. The van der Waals surface area contributed by atoms with E-state index < -0.39 is 0 Å². The van der Waals surface area contributed by atoms with Crippen molar-refractivity contribution in [1.29, 1.82) is 0 Å². The number of amides is 2. The van der Waals surface area contributed by atoms with Crippen LogP contribution in [0.15, 0.2) is 6.07 Å². The first-order chi connectivity index (χ1) is 11.5. The third kappa shape index (κ3) is 4.14. The Hall–Kier alpha value is -1.89. The van der Waals surface area contributed by atoms with Crippen molar-refractivity contribution in [3.8, 4) is 0 Å². The lowest BCUT2D eigenvalue weighted by molar-refractivity contribution is -0.135. The number of nitrogens with zero attached hydrogens (tertiary/aromatic N) is 4. The molecule has 1 aliphatic heterocycles. The molecule has 0 aliphatic carbocycles. The zero-order valence-corrected chi connectivity index (χ0v) is 15.1. The van der Waals surface area contributed by atoms with E-state index in [-0.39, 0.29) is 24.3 Å². The molecule has 1 saturated heterocycles. The number of carbonyl (C=O) groups is 2. The Morgan fingerprint density at radius 2 is 1.88 bits per heavy atom. The Morgan fingerprint density at radius 1 is 1.21 bits per heavy atom. The van der Waals surface area contributed by atoms with Crippen LogP contribution < -0.4 is 0 Å². The van der Waals surface area contributed by atoms with E-state index in [0.29, 0.717) is 38.4 Å². The second kappa shape index (κ2) is 8.28. The summed E-state index contributed by atoms with van der Waals surface area (Å²) in [5.41, 5.74) is 1.57. The van der Waals surface area contributed by atoms with Crippen LogP contribution in [0.5, 0.6) is 0 Å². The molecule has 1 aromatic heterocycles. The lowest BCUT2D eigenvalue weighted by Crippen LogP contribution is -2.39. The van der Waals surface area contributed by atoms with Crippen molar-refractivity contribution in [2.24, 2.45) is 0 Å². The fraction of sp³-hybridized carbons (Fsp3) is 0.706. The number of hydrogen-bond donors (Lipinski definition) is 0. The highest BCUT2D eigenvalue weighted by molar-refractivity contribution is 5.93. The van der Waals surface area contributed by atoms with Gasteiger partial charge in [-0.3, -0.25) is 14.3 Å². The molecule has 0 N–H and O–H groups in total. The minimum absolute atomic E-state index is 0.00251. The maximum absolute atomic E-state index is 12.9. The van der Waals surface area contributed by atoms with E-state index in [1.807, 2.05) is 17.9 Å². The first kappa shape index (κ1) is 18.4. The topological polar surface area (TPSA) is 67.7 Å². The maximum atomic E-state index is 12.9. The third-order valence-electron chi connectivity index (χ3n) is 4.31. The Kier molecular flexibility index (Phi) is 6.36. The SMILES string of the molecule is CCn1nc(C(C)C)cc1C(=O)N1CCCN(C(=O)COC)CC1. The predicted molar refractivity (Wildman–Crippen MR) is 91.0 cm³/mol. The molecular formula is C17H28N4O3. The van der Waals surface area contributed by atoms with Crippen LogP contribution in [0.2, 0.25) is 0 Å². The van der Waals surface area contributed by atoms with E-state index in [1.54, 1.807) is 9.58 Å². The largest absolute Gasteiger partial charge is 0.375 e. The molecule has 0 saturated carbocycles. The fourth-order valence-electron chi connectivity index (χ4n) is 2.88. The molecular weight excluding hydrogens is 308 g/mol. The minimum Gasteiger partial charge on any atom is -0.375 e. The van der Waals surface area contributed by atoms with Crippen LogP contribution in [-0.4, -0.2) is 71.3 Å². The van der Waals surface area contributed by atoms with Gasteiger partial charge in [-0.2, -0.15) is 5.10 Å². The highest BCUT2D eigenvalue weighted by atomic mass is 16.5. The van der Waals surface area contributed by atoms with Gasteiger partial charge in [0.2, 0.25) is 5.91 Å². The van der Waals surface area contributed by atoms with Gasteiger partial charge in [0.15, 0.2) is 0 Å². The van der Waals surface area contributed by atoms with Crippen LogP contribution in [0.4, 0.5) is 0 Å². The van der Waals surface area contributed by atoms with Gasteiger partial charge in [-0.1, -0.05) is 13.8 Å². The summed E-state index contributed by atoms with van der Waals surface area (Å²) in [7, 11) is 1.52. The van der Waals surface area contributed by atoms with E-state index in [0.717, 1.165) is 12.1 Å². The number of hydrogen-bond acceptors (Lipinski definition) is 4. The number of ether oxygens (including phenoxy) is 1. The second-order valence-electron chi connectivity index (χ2n) is 6.38. The van der Waals surface area contributed by atoms with Crippen molar-refractivity contribution in [3.63, 3.8) is 0 Å². The van der Waals surface area contributed by atoms with Crippen LogP contribution in [0, 0.1) is 0 Å². The van der Waals surface area contributed by atoms with Gasteiger partial charge >= 0.3 is 0 Å². The molecule has 2 rings (SSSR count). The van der Waals surface area contributed by atoms with Crippen LogP contribution in [0.1, 0.15) is 49.3 Å². The monoisotopic (exact) mass is 336 g/mol. The van der Waals surface area contributed by atoms with Crippen molar-refractivity contribution in [3.05, 3.63) is 17.5 Å². The number of carbonyl (C=O) groups excluding carboxylic acids is 2. The summed E-state index contributed by atoms with van der Waals surface area (Å²) in [4.78, 5) is 28.5. The van der Waals surface area contributed by atoms with E-state index >= 15 is 0 Å². The molecule has 1 fully saturated rings. The summed E-state index contributed by atoms with van der Waals surface area (Å²) in [6.07, 6.45) is 0.776. The van der Waals surface area contributed by atoms with Crippen LogP contribution in [0.25, 0.3) is 0 Å². The first-order valence-electron chi connectivity index (χ1n) is 8.61. The zero-order valence-electron chi connectivity index (χ0n) is 15.1. The summed E-state index contributed by atoms with van der Waals surface area (Å²) in [6, 6.07) is 1.90. The van der Waals surface area contributed by atoms with Gasteiger partial charge in [0.05, 0.1) is 5.69 Å². The van der Waals surface area contributed by atoms with Gasteiger partial charge in [0.1, 0.15) is 12.3 Å². The molecule has 0 bridgehead atoms. The normalized spacial score (nSPS) is 15.7. The Labute approximate surface area is 143 Å². The van der Waals surface area contributed by atoms with Crippen LogP contribution in [0.3, 0.4) is 0 Å². The molecule has 1 aliphatic rings. The maximum Gasteiger partial charge on any atom is 0.272 e. The summed E-state index contributed by atoms with van der Waals surface area (Å²) >= 11 is 0. The molecule has 24 heavy (non-hydrogen) atoms. The molecule has 134 valence electrons. The average molecular weight is 336 g/mol. The lowest BCUT2D eigenvalue weighted by Gasteiger charge is -2.22. The van der Waals surface area contributed by atoms with Gasteiger partial charge in [-0.15, -0.1) is 0 Å². The molecule has 7 heteroatoms. The van der Waals surface area contributed by atoms with E-state index in [2.05, 4.69) is 18.9 Å². The Morgan fingerprint density at radius 3 is 2.50 bits per heavy atom. The zero-order chi connectivity index (χ0) is 17.7. The van der Waals surface area contributed by atoms with Gasteiger partial charge in [-0.05, 0) is 25.3 Å². The summed E-state index contributed by atoms with van der Waals surface area (Å²) in [6.45, 7) is 9.29. The number of aromatic nitrogens is 2. The fourth-order valence-corrected chi connectivity index (χ4v) is 2.88. The van der Waals surface area contributed by atoms with E-state index in [9.17, 15) is 9.59 Å². The molecule has 0 aromatic carbocycles. The predicted octanol–water partition coefficient (Wildman–Crippen LogP) is 1.35. The highest BCUT2D eigenvalue weighted by Gasteiger charge is 2.25. The van der Waals surface area contributed by atoms with Crippen molar-refractivity contribution in [2.45, 2.75) is 39.7 Å². The lowest BCUT2D eigenvalue weighted by atomic mass is 10.1. The highest BCUT2D eigenvalue weighted by Crippen LogP contribution is 2.17. The Balaban J connectivity index is 2.09. The molecule has 0 atom stereocenters. The van der Waals surface area contributed by atoms with Crippen molar-refractivity contribution in [2.75, 3.05) is 39.9 Å². The molecule has 7 nitrogen and oxygen atoms in total. The first-order valence-corrected chi connectivity index (χ1v) is 8.61. The summed E-state index contributed by atoms with van der Waals surface area (Å²) < 4.78 is 6.69. The number of rotatable bonds is 5. The van der Waals surface area contributed by atoms with Crippen molar-refractivity contribution >= 4 is 11.8 Å².